The van der Waals surface area contributed by atoms with Crippen LogP contribution in [0.4, 0.5) is 0 Å². The number of hydrogen-bond donors (Lipinski definition) is 2. The van der Waals surface area contributed by atoms with Gasteiger partial charge in [-0.1, -0.05) is 6.07 Å². The molecule has 0 aliphatic heterocycles. The first-order valence-electron chi connectivity index (χ1n) is 6.49. The first kappa shape index (κ1) is 12.6. The van der Waals surface area contributed by atoms with Gasteiger partial charge < -0.3 is 10.7 Å². The average molecular weight is 268 g/mol. The van der Waals surface area contributed by atoms with Crippen LogP contribution in [0.25, 0.3) is 10.9 Å². The van der Waals surface area contributed by atoms with Gasteiger partial charge in [-0.05, 0) is 32.0 Å². The van der Waals surface area contributed by atoms with Gasteiger partial charge in [-0.2, -0.15) is 5.10 Å². The Hall–Kier alpha value is -2.40. The molecule has 2 heterocycles. The Labute approximate surface area is 116 Å². The van der Waals surface area contributed by atoms with Crippen molar-refractivity contribution in [1.82, 2.24) is 14.8 Å². The molecule has 3 rings (SSSR count). The third-order valence-corrected chi connectivity index (χ3v) is 3.66. The molecule has 20 heavy (non-hydrogen) atoms. The van der Waals surface area contributed by atoms with Crippen LogP contribution < -0.4 is 5.73 Å². The lowest BCUT2D eigenvalue weighted by atomic mass is 10.1. The molecule has 0 aliphatic carbocycles. The number of carbonyl (C=O) groups excluding carboxylic acids is 1. The second-order valence-electron chi connectivity index (χ2n) is 4.81. The molecule has 0 amide bonds. The third-order valence-electron chi connectivity index (χ3n) is 3.66. The number of H-pyrrole nitrogens is 1. The molecule has 0 spiro atoms. The summed E-state index contributed by atoms with van der Waals surface area (Å²) in [5.74, 6) is -0.129. The van der Waals surface area contributed by atoms with Crippen molar-refractivity contribution in [2.75, 3.05) is 0 Å². The van der Waals surface area contributed by atoms with E-state index in [1.165, 1.54) is 4.68 Å². The van der Waals surface area contributed by atoms with E-state index in [0.29, 0.717) is 12.1 Å². The van der Waals surface area contributed by atoms with Crippen molar-refractivity contribution in [2.45, 2.75) is 20.4 Å². The summed E-state index contributed by atoms with van der Waals surface area (Å²) in [6.45, 7) is 4.13. The van der Waals surface area contributed by atoms with E-state index < -0.39 is 0 Å². The Kier molecular flexibility index (Phi) is 2.91. The Morgan fingerprint density at radius 3 is 2.85 bits per heavy atom. The summed E-state index contributed by atoms with van der Waals surface area (Å²) in [5.41, 5.74) is 9.83. The number of aromatic nitrogens is 3. The predicted octanol–water partition coefficient (Wildman–Crippen LogP) is 2.13. The van der Waals surface area contributed by atoms with Gasteiger partial charge in [0.05, 0.1) is 11.3 Å². The molecule has 1 aromatic carbocycles. The standard InChI is InChI=1S/C15H16N4O/c1-9-13(8-16)10(2)19(18-9)15(20)12-4-3-5-14-11(12)6-7-17-14/h3-7,17H,8,16H2,1-2H3. The van der Waals surface area contributed by atoms with Gasteiger partial charge in [0.2, 0.25) is 0 Å². The summed E-state index contributed by atoms with van der Waals surface area (Å²) in [5, 5.41) is 5.23. The van der Waals surface area contributed by atoms with Crippen LogP contribution in [0.1, 0.15) is 27.3 Å². The number of carbonyl (C=O) groups is 1. The monoisotopic (exact) mass is 268 g/mol. The first-order chi connectivity index (χ1) is 9.63. The van der Waals surface area contributed by atoms with Crippen molar-refractivity contribution in [1.29, 1.82) is 0 Å². The Morgan fingerprint density at radius 1 is 1.35 bits per heavy atom. The fourth-order valence-corrected chi connectivity index (χ4v) is 2.55. The Bertz CT molecular complexity index is 797. The van der Waals surface area contributed by atoms with E-state index in [1.807, 2.05) is 44.3 Å². The van der Waals surface area contributed by atoms with Crippen molar-refractivity contribution in [3.8, 4) is 0 Å². The zero-order chi connectivity index (χ0) is 14.3. The molecule has 5 nitrogen and oxygen atoms in total. The van der Waals surface area contributed by atoms with Crippen LogP contribution in [-0.2, 0) is 6.54 Å². The van der Waals surface area contributed by atoms with Gasteiger partial charge in [0.15, 0.2) is 0 Å². The highest BCUT2D eigenvalue weighted by Gasteiger charge is 2.18. The normalized spacial score (nSPS) is 11.2. The van der Waals surface area contributed by atoms with E-state index in [1.54, 1.807) is 0 Å². The molecular weight excluding hydrogens is 252 g/mol. The van der Waals surface area contributed by atoms with Crippen LogP contribution >= 0.6 is 0 Å². The Morgan fingerprint density at radius 2 is 2.15 bits per heavy atom. The lowest BCUT2D eigenvalue weighted by molar-refractivity contribution is 0.0944. The van der Waals surface area contributed by atoms with Crippen LogP contribution in [0.5, 0.6) is 0 Å². The molecule has 5 heteroatoms. The minimum absolute atomic E-state index is 0.129. The van der Waals surface area contributed by atoms with Crippen LogP contribution in [0.3, 0.4) is 0 Å². The molecule has 0 bridgehead atoms. The highest BCUT2D eigenvalue weighted by Crippen LogP contribution is 2.20. The van der Waals surface area contributed by atoms with Gasteiger partial charge in [-0.15, -0.1) is 0 Å². The summed E-state index contributed by atoms with van der Waals surface area (Å²) in [6.07, 6.45) is 1.83. The zero-order valence-corrected chi connectivity index (χ0v) is 11.5. The number of aryl methyl sites for hydroxylation is 1. The predicted molar refractivity (Wildman–Crippen MR) is 77.6 cm³/mol. The van der Waals surface area contributed by atoms with Crippen molar-refractivity contribution < 1.29 is 4.79 Å². The van der Waals surface area contributed by atoms with Gasteiger partial charge in [0, 0.05) is 34.9 Å². The van der Waals surface area contributed by atoms with Crippen LogP contribution in [0, 0.1) is 13.8 Å². The van der Waals surface area contributed by atoms with Crippen molar-refractivity contribution in [2.24, 2.45) is 5.73 Å². The summed E-state index contributed by atoms with van der Waals surface area (Å²) >= 11 is 0. The van der Waals surface area contributed by atoms with Gasteiger partial charge in [0.25, 0.3) is 5.91 Å². The SMILES string of the molecule is Cc1nn(C(=O)c2cccc3[nH]ccc23)c(C)c1CN. The Balaban J connectivity index is 2.16. The third kappa shape index (κ3) is 1.75. The number of fused-ring (bicyclic) bond motifs is 1. The highest BCUT2D eigenvalue weighted by molar-refractivity contribution is 6.07. The van der Waals surface area contributed by atoms with E-state index in [-0.39, 0.29) is 5.91 Å². The lowest BCUT2D eigenvalue weighted by Gasteiger charge is -2.05. The number of nitrogens with one attached hydrogen (secondary N) is 1. The summed E-state index contributed by atoms with van der Waals surface area (Å²) < 4.78 is 1.44. The second kappa shape index (κ2) is 4.61. The average Bonchev–Trinajstić information content (AvgIpc) is 3.02. The zero-order valence-electron chi connectivity index (χ0n) is 11.5. The number of nitrogens with two attached hydrogens (primary N) is 1. The molecule has 102 valence electrons. The molecule has 0 aliphatic rings. The second-order valence-corrected chi connectivity index (χ2v) is 4.81. The first-order valence-corrected chi connectivity index (χ1v) is 6.49. The quantitative estimate of drug-likeness (QED) is 0.747. The molecule has 3 N–H and O–H groups in total. The molecule has 0 saturated carbocycles. The van der Waals surface area contributed by atoms with E-state index in [0.717, 1.165) is 27.9 Å². The van der Waals surface area contributed by atoms with Crippen molar-refractivity contribution in [3.63, 3.8) is 0 Å². The number of aromatic amines is 1. The molecular formula is C15H16N4O. The minimum atomic E-state index is -0.129. The molecule has 0 unspecified atom stereocenters. The van der Waals surface area contributed by atoms with Gasteiger partial charge >= 0.3 is 0 Å². The summed E-state index contributed by atoms with van der Waals surface area (Å²) in [7, 11) is 0. The van der Waals surface area contributed by atoms with Crippen LogP contribution in [0.15, 0.2) is 30.5 Å². The van der Waals surface area contributed by atoms with Gasteiger partial charge in [-0.3, -0.25) is 4.79 Å². The largest absolute Gasteiger partial charge is 0.361 e. The molecule has 3 aromatic rings. The fourth-order valence-electron chi connectivity index (χ4n) is 2.55. The molecule has 2 aromatic heterocycles. The van der Waals surface area contributed by atoms with Crippen molar-refractivity contribution >= 4 is 16.8 Å². The maximum Gasteiger partial charge on any atom is 0.279 e. The summed E-state index contributed by atoms with van der Waals surface area (Å²) in [4.78, 5) is 15.8. The maximum atomic E-state index is 12.7. The smallest absolute Gasteiger partial charge is 0.279 e. The van der Waals surface area contributed by atoms with E-state index in [2.05, 4.69) is 10.1 Å². The van der Waals surface area contributed by atoms with E-state index in [4.69, 9.17) is 5.73 Å². The minimum Gasteiger partial charge on any atom is -0.361 e. The highest BCUT2D eigenvalue weighted by atomic mass is 16.2. The number of hydrogen-bond acceptors (Lipinski definition) is 3. The number of rotatable bonds is 2. The fraction of sp³-hybridized carbons (Fsp3) is 0.200. The van der Waals surface area contributed by atoms with Gasteiger partial charge in [0.1, 0.15) is 0 Å². The van der Waals surface area contributed by atoms with Crippen molar-refractivity contribution in [3.05, 3.63) is 53.0 Å². The molecule has 0 atom stereocenters. The van der Waals surface area contributed by atoms with E-state index >= 15 is 0 Å². The molecule has 0 fully saturated rings. The topological polar surface area (TPSA) is 76.7 Å². The van der Waals surface area contributed by atoms with Gasteiger partial charge in [-0.25, -0.2) is 4.68 Å². The van der Waals surface area contributed by atoms with Crippen LogP contribution in [0.2, 0.25) is 0 Å². The number of nitrogens with zero attached hydrogens (tertiary/aromatic N) is 2. The molecule has 0 saturated heterocycles. The lowest BCUT2D eigenvalue weighted by Crippen LogP contribution is -2.16. The molecule has 0 radical (unpaired) electrons. The number of benzene rings is 1. The van der Waals surface area contributed by atoms with E-state index in [9.17, 15) is 4.79 Å². The van der Waals surface area contributed by atoms with Crippen LogP contribution in [-0.4, -0.2) is 20.7 Å². The summed E-state index contributed by atoms with van der Waals surface area (Å²) in [6, 6.07) is 7.52. The maximum absolute atomic E-state index is 12.7.